The minimum Gasteiger partial charge on any atom is -0.490 e. The molecule has 162 valence electrons. The van der Waals surface area contributed by atoms with Gasteiger partial charge in [-0.15, -0.1) is 0 Å². The Morgan fingerprint density at radius 1 is 0.710 bits per heavy atom. The highest BCUT2D eigenvalue weighted by atomic mass is 19.4. The van der Waals surface area contributed by atoms with Crippen molar-refractivity contribution in [1.82, 2.24) is 0 Å². The molecule has 0 aromatic heterocycles. The number of hydrogen-bond donors (Lipinski definition) is 0. The molecule has 0 saturated carbocycles. The minimum atomic E-state index is -4.31. The predicted molar refractivity (Wildman–Crippen MR) is 121 cm³/mol. The molecule has 0 heterocycles. The average molecular weight is 425 g/mol. The standard InChI is InChI=1S/C27H27F3O/c1-2-3-4-6-21-7-9-22(10-8-21)23-11-13-24(14-12-23)25-15-17-26(18-16-25)31-20-5-19-27(28,29)30/h5,7-19H,2-4,6,20H2,1H3. The van der Waals surface area contributed by atoms with Crippen molar-refractivity contribution >= 4 is 0 Å². The molecule has 0 amide bonds. The SMILES string of the molecule is CCCCCc1ccc(-c2ccc(-c3ccc(OCC=CC(F)(F)F)cc3)cc2)cc1. The van der Waals surface area contributed by atoms with Crippen molar-refractivity contribution in [2.75, 3.05) is 6.61 Å². The Kier molecular flexibility index (Phi) is 7.94. The molecule has 0 atom stereocenters. The summed E-state index contributed by atoms with van der Waals surface area (Å²) in [7, 11) is 0. The normalized spacial score (nSPS) is 11.7. The maximum atomic E-state index is 12.1. The molecule has 0 bridgehead atoms. The van der Waals surface area contributed by atoms with E-state index in [2.05, 4.69) is 55.5 Å². The summed E-state index contributed by atoms with van der Waals surface area (Å²) in [4.78, 5) is 0. The van der Waals surface area contributed by atoms with Gasteiger partial charge in [-0.3, -0.25) is 0 Å². The van der Waals surface area contributed by atoms with Gasteiger partial charge in [-0.1, -0.05) is 80.4 Å². The van der Waals surface area contributed by atoms with Gasteiger partial charge in [-0.25, -0.2) is 0 Å². The van der Waals surface area contributed by atoms with Crippen molar-refractivity contribution in [2.24, 2.45) is 0 Å². The van der Waals surface area contributed by atoms with Crippen LogP contribution in [-0.2, 0) is 6.42 Å². The third kappa shape index (κ3) is 7.32. The second-order valence-corrected chi connectivity index (χ2v) is 7.51. The molecular weight excluding hydrogens is 397 g/mol. The summed E-state index contributed by atoms with van der Waals surface area (Å²) in [5.41, 5.74) is 5.84. The second kappa shape index (κ2) is 10.9. The lowest BCUT2D eigenvalue weighted by Crippen LogP contribution is -2.02. The van der Waals surface area contributed by atoms with Gasteiger partial charge < -0.3 is 4.74 Å². The molecule has 0 spiro atoms. The minimum absolute atomic E-state index is 0.120. The third-order valence-electron chi connectivity index (χ3n) is 5.08. The number of rotatable bonds is 9. The van der Waals surface area contributed by atoms with E-state index in [1.807, 2.05) is 12.1 Å². The molecule has 31 heavy (non-hydrogen) atoms. The topological polar surface area (TPSA) is 9.23 Å². The van der Waals surface area contributed by atoms with Gasteiger partial charge in [0.25, 0.3) is 0 Å². The highest BCUT2D eigenvalue weighted by Crippen LogP contribution is 2.27. The number of unbranched alkanes of at least 4 members (excludes halogenated alkanes) is 2. The Morgan fingerprint density at radius 2 is 1.19 bits per heavy atom. The van der Waals surface area contributed by atoms with Crippen LogP contribution in [-0.4, -0.2) is 12.8 Å². The van der Waals surface area contributed by atoms with E-state index in [0.29, 0.717) is 5.75 Å². The Bertz CT molecular complexity index is 953. The van der Waals surface area contributed by atoms with Gasteiger partial charge in [0.05, 0.1) is 0 Å². The lowest BCUT2D eigenvalue weighted by atomic mass is 9.98. The molecule has 0 N–H and O–H groups in total. The first kappa shape index (κ1) is 22.7. The Balaban J connectivity index is 1.59. The van der Waals surface area contributed by atoms with Crippen LogP contribution in [0.25, 0.3) is 22.3 Å². The van der Waals surface area contributed by atoms with E-state index in [-0.39, 0.29) is 12.7 Å². The summed E-state index contributed by atoms with van der Waals surface area (Å²) < 4.78 is 41.6. The molecule has 3 rings (SSSR count). The van der Waals surface area contributed by atoms with Crippen molar-refractivity contribution in [2.45, 2.75) is 38.8 Å². The monoisotopic (exact) mass is 424 g/mol. The number of hydrogen-bond acceptors (Lipinski definition) is 1. The van der Waals surface area contributed by atoms with Gasteiger partial charge >= 0.3 is 6.18 Å². The largest absolute Gasteiger partial charge is 0.490 e. The summed E-state index contributed by atoms with van der Waals surface area (Å²) in [5, 5.41) is 0. The molecule has 0 aliphatic heterocycles. The van der Waals surface area contributed by atoms with Crippen molar-refractivity contribution in [3.8, 4) is 28.0 Å². The maximum Gasteiger partial charge on any atom is 0.409 e. The quantitative estimate of drug-likeness (QED) is 0.248. The van der Waals surface area contributed by atoms with E-state index in [0.717, 1.165) is 23.6 Å². The highest BCUT2D eigenvalue weighted by molar-refractivity contribution is 5.70. The van der Waals surface area contributed by atoms with E-state index in [1.165, 1.54) is 36.0 Å². The van der Waals surface area contributed by atoms with Crippen LogP contribution in [0.3, 0.4) is 0 Å². The molecule has 4 heteroatoms. The van der Waals surface area contributed by atoms with E-state index < -0.39 is 6.18 Å². The van der Waals surface area contributed by atoms with Gasteiger partial charge in [0.2, 0.25) is 0 Å². The summed E-state index contributed by atoms with van der Waals surface area (Å²) in [6, 6.07) is 24.5. The first-order valence-corrected chi connectivity index (χ1v) is 10.6. The van der Waals surface area contributed by atoms with Crippen LogP contribution in [0.1, 0.15) is 31.7 Å². The fourth-order valence-electron chi connectivity index (χ4n) is 3.37. The fourth-order valence-corrected chi connectivity index (χ4v) is 3.37. The van der Waals surface area contributed by atoms with Gasteiger partial charge in [0.1, 0.15) is 12.4 Å². The van der Waals surface area contributed by atoms with Crippen LogP contribution < -0.4 is 4.74 Å². The van der Waals surface area contributed by atoms with Crippen molar-refractivity contribution in [3.63, 3.8) is 0 Å². The zero-order valence-electron chi connectivity index (χ0n) is 17.7. The maximum absolute atomic E-state index is 12.1. The molecule has 0 saturated heterocycles. The zero-order chi connectivity index (χ0) is 22.1. The molecule has 0 aliphatic carbocycles. The van der Waals surface area contributed by atoms with E-state index in [1.54, 1.807) is 12.1 Å². The van der Waals surface area contributed by atoms with Gasteiger partial charge in [-0.2, -0.15) is 13.2 Å². The molecule has 3 aromatic rings. The number of halogens is 3. The summed E-state index contributed by atoms with van der Waals surface area (Å²) in [6.45, 7) is 2.10. The Labute approximate surface area is 182 Å². The molecule has 1 nitrogen and oxygen atoms in total. The molecule has 0 aliphatic rings. The Morgan fingerprint density at radius 3 is 1.68 bits per heavy atom. The average Bonchev–Trinajstić information content (AvgIpc) is 2.77. The molecule has 0 radical (unpaired) electrons. The van der Waals surface area contributed by atoms with Gasteiger partial charge in [0.15, 0.2) is 0 Å². The zero-order valence-corrected chi connectivity index (χ0v) is 17.7. The lowest BCUT2D eigenvalue weighted by molar-refractivity contribution is -0.0801. The van der Waals surface area contributed by atoms with Crippen LogP contribution >= 0.6 is 0 Å². The van der Waals surface area contributed by atoms with Crippen LogP contribution in [0.15, 0.2) is 84.9 Å². The van der Waals surface area contributed by atoms with Crippen LogP contribution in [0.4, 0.5) is 13.2 Å². The Hall–Kier alpha value is -3.01. The third-order valence-corrected chi connectivity index (χ3v) is 5.08. The fraction of sp³-hybridized carbons (Fsp3) is 0.259. The summed E-state index contributed by atoms with van der Waals surface area (Å²) >= 11 is 0. The van der Waals surface area contributed by atoms with Crippen molar-refractivity contribution in [1.29, 1.82) is 0 Å². The molecular formula is C27H27F3O. The summed E-state index contributed by atoms with van der Waals surface area (Å²) in [5.74, 6) is 0.534. The highest BCUT2D eigenvalue weighted by Gasteiger charge is 2.21. The van der Waals surface area contributed by atoms with Crippen LogP contribution in [0, 0.1) is 0 Å². The molecule has 3 aromatic carbocycles. The first-order chi connectivity index (χ1) is 14.9. The van der Waals surface area contributed by atoms with E-state index in [4.69, 9.17) is 4.74 Å². The van der Waals surface area contributed by atoms with E-state index in [9.17, 15) is 13.2 Å². The van der Waals surface area contributed by atoms with Crippen LogP contribution in [0.5, 0.6) is 5.75 Å². The number of ether oxygens (including phenoxy) is 1. The van der Waals surface area contributed by atoms with Crippen molar-refractivity contribution in [3.05, 3.63) is 90.5 Å². The number of aryl methyl sites for hydroxylation is 1. The van der Waals surface area contributed by atoms with Crippen molar-refractivity contribution < 1.29 is 17.9 Å². The number of allylic oxidation sites excluding steroid dienone is 1. The number of benzene rings is 3. The van der Waals surface area contributed by atoms with E-state index >= 15 is 0 Å². The lowest BCUT2D eigenvalue weighted by Gasteiger charge is -2.08. The van der Waals surface area contributed by atoms with Gasteiger partial charge in [0, 0.05) is 6.08 Å². The molecule has 0 fully saturated rings. The number of alkyl halides is 3. The smallest absolute Gasteiger partial charge is 0.409 e. The predicted octanol–water partition coefficient (Wildman–Crippen LogP) is 8.25. The first-order valence-electron chi connectivity index (χ1n) is 10.6. The molecule has 0 unspecified atom stereocenters. The second-order valence-electron chi connectivity index (χ2n) is 7.51. The van der Waals surface area contributed by atoms with Gasteiger partial charge in [-0.05, 0) is 58.9 Å². The van der Waals surface area contributed by atoms with Crippen LogP contribution in [0.2, 0.25) is 0 Å². The summed E-state index contributed by atoms with van der Waals surface area (Å²) in [6.07, 6.45) is 1.71.